The van der Waals surface area contributed by atoms with E-state index in [1.165, 1.54) is 31.0 Å². The summed E-state index contributed by atoms with van der Waals surface area (Å²) in [5.41, 5.74) is 0.748. The average Bonchev–Trinajstić information content (AvgIpc) is 3.16. The van der Waals surface area contributed by atoms with Crippen molar-refractivity contribution in [3.63, 3.8) is 0 Å². The van der Waals surface area contributed by atoms with E-state index in [9.17, 15) is 4.79 Å². The Morgan fingerprint density at radius 1 is 1.27 bits per heavy atom. The van der Waals surface area contributed by atoms with Gasteiger partial charge in [-0.25, -0.2) is 0 Å². The molecule has 0 N–H and O–H groups in total. The summed E-state index contributed by atoms with van der Waals surface area (Å²) in [5.74, 6) is 1.54. The lowest BCUT2D eigenvalue weighted by molar-refractivity contribution is -0.131. The van der Waals surface area contributed by atoms with E-state index < -0.39 is 0 Å². The third kappa shape index (κ3) is 4.38. The number of aromatic nitrogens is 2. The molecule has 1 saturated carbocycles. The molecule has 1 amide bonds. The van der Waals surface area contributed by atoms with Gasteiger partial charge in [-0.2, -0.15) is 0 Å². The van der Waals surface area contributed by atoms with Crippen molar-refractivity contribution in [3.05, 3.63) is 24.3 Å². The summed E-state index contributed by atoms with van der Waals surface area (Å²) in [6.07, 6.45) is 5.94. The minimum Gasteiger partial charge on any atom is -0.496 e. The molecular weight excluding hydrogens is 350 g/mol. The van der Waals surface area contributed by atoms with Crippen molar-refractivity contribution < 1.29 is 13.9 Å². The van der Waals surface area contributed by atoms with Gasteiger partial charge in [0.1, 0.15) is 5.75 Å². The first-order valence-corrected chi connectivity index (χ1v) is 10.1. The van der Waals surface area contributed by atoms with Gasteiger partial charge < -0.3 is 14.1 Å². The van der Waals surface area contributed by atoms with Crippen LogP contribution in [0.25, 0.3) is 11.5 Å². The van der Waals surface area contributed by atoms with Gasteiger partial charge in [-0.05, 0) is 31.9 Å². The number of para-hydroxylation sites is 1. The number of hydrogen-bond donors (Lipinski definition) is 0. The van der Waals surface area contributed by atoms with Gasteiger partial charge in [0.15, 0.2) is 0 Å². The molecule has 0 atom stereocenters. The molecular formula is C19H25N3O3S. The lowest BCUT2D eigenvalue weighted by Crippen LogP contribution is -2.42. The molecule has 1 fully saturated rings. The molecule has 0 radical (unpaired) electrons. The van der Waals surface area contributed by atoms with Crippen LogP contribution in [0.2, 0.25) is 0 Å². The van der Waals surface area contributed by atoms with E-state index in [2.05, 4.69) is 10.2 Å². The summed E-state index contributed by atoms with van der Waals surface area (Å²) < 4.78 is 11.0. The van der Waals surface area contributed by atoms with Gasteiger partial charge in [0.2, 0.25) is 5.91 Å². The second kappa shape index (κ2) is 9.07. The highest BCUT2D eigenvalue weighted by molar-refractivity contribution is 7.99. The smallest absolute Gasteiger partial charge is 0.277 e. The normalized spacial score (nSPS) is 15.0. The molecule has 0 aliphatic heterocycles. The fourth-order valence-electron chi connectivity index (χ4n) is 3.44. The minimum absolute atomic E-state index is 0.140. The Morgan fingerprint density at radius 2 is 2.04 bits per heavy atom. The first kappa shape index (κ1) is 18.8. The van der Waals surface area contributed by atoms with Crippen LogP contribution in [-0.2, 0) is 4.79 Å². The van der Waals surface area contributed by atoms with Crippen molar-refractivity contribution in [2.24, 2.45) is 0 Å². The maximum absolute atomic E-state index is 12.6. The summed E-state index contributed by atoms with van der Waals surface area (Å²) >= 11 is 1.29. The number of carbonyl (C=O) groups excluding carboxylic acids is 1. The lowest BCUT2D eigenvalue weighted by atomic mass is 9.94. The predicted molar refractivity (Wildman–Crippen MR) is 101 cm³/mol. The number of benzene rings is 1. The number of thioether (sulfide) groups is 1. The largest absolute Gasteiger partial charge is 0.496 e. The van der Waals surface area contributed by atoms with Gasteiger partial charge in [-0.1, -0.05) is 43.2 Å². The highest BCUT2D eigenvalue weighted by atomic mass is 32.2. The van der Waals surface area contributed by atoms with E-state index in [4.69, 9.17) is 9.15 Å². The molecule has 1 aromatic carbocycles. The summed E-state index contributed by atoms with van der Waals surface area (Å²) in [4.78, 5) is 14.6. The molecule has 1 heterocycles. The van der Waals surface area contributed by atoms with Gasteiger partial charge in [0, 0.05) is 12.6 Å². The zero-order valence-corrected chi connectivity index (χ0v) is 16.1. The van der Waals surface area contributed by atoms with E-state index >= 15 is 0 Å². The fraction of sp³-hybridized carbons (Fsp3) is 0.526. The lowest BCUT2D eigenvalue weighted by Gasteiger charge is -2.33. The Balaban J connectivity index is 1.61. The molecule has 1 aromatic heterocycles. The third-order valence-corrected chi connectivity index (χ3v) is 5.54. The van der Waals surface area contributed by atoms with E-state index in [0.29, 0.717) is 28.7 Å². The second-order valence-electron chi connectivity index (χ2n) is 6.33. The molecule has 0 spiro atoms. The number of amides is 1. The quantitative estimate of drug-likeness (QED) is 0.681. The number of carbonyl (C=O) groups is 1. The molecule has 140 valence electrons. The van der Waals surface area contributed by atoms with Crippen molar-refractivity contribution in [1.82, 2.24) is 15.1 Å². The van der Waals surface area contributed by atoms with Crippen LogP contribution >= 0.6 is 11.8 Å². The molecule has 1 aliphatic carbocycles. The first-order chi connectivity index (χ1) is 12.7. The third-order valence-electron chi connectivity index (χ3n) is 4.74. The van der Waals surface area contributed by atoms with Gasteiger partial charge in [0.05, 0.1) is 18.4 Å². The van der Waals surface area contributed by atoms with E-state index in [0.717, 1.165) is 24.9 Å². The summed E-state index contributed by atoms with van der Waals surface area (Å²) in [6.45, 7) is 2.80. The number of ether oxygens (including phenoxy) is 1. The molecule has 0 unspecified atom stereocenters. The summed E-state index contributed by atoms with van der Waals surface area (Å²) in [7, 11) is 1.61. The second-order valence-corrected chi connectivity index (χ2v) is 7.26. The highest BCUT2D eigenvalue weighted by Gasteiger charge is 2.24. The number of nitrogens with zero attached hydrogens (tertiary/aromatic N) is 3. The van der Waals surface area contributed by atoms with Crippen LogP contribution in [0.3, 0.4) is 0 Å². The van der Waals surface area contributed by atoms with E-state index in [1.807, 2.05) is 36.1 Å². The number of rotatable bonds is 7. The monoisotopic (exact) mass is 375 g/mol. The maximum atomic E-state index is 12.6. The zero-order valence-electron chi connectivity index (χ0n) is 15.3. The maximum Gasteiger partial charge on any atom is 0.277 e. The van der Waals surface area contributed by atoms with Gasteiger partial charge >= 0.3 is 0 Å². The molecule has 3 rings (SSSR count). The van der Waals surface area contributed by atoms with Crippen LogP contribution in [0.5, 0.6) is 5.75 Å². The molecule has 2 aromatic rings. The molecule has 7 heteroatoms. The van der Waals surface area contributed by atoms with Crippen LogP contribution in [0.1, 0.15) is 39.0 Å². The standard InChI is InChI=1S/C19H25N3O3S/c1-3-22(14-9-5-4-6-10-14)17(23)13-26-19-21-20-18(25-19)15-11-7-8-12-16(15)24-2/h7-8,11-12,14H,3-6,9-10,13H2,1-2H3. The first-order valence-electron chi connectivity index (χ1n) is 9.12. The molecule has 0 bridgehead atoms. The van der Waals surface area contributed by atoms with Crippen LogP contribution in [0, 0.1) is 0 Å². The minimum atomic E-state index is 0.140. The summed E-state index contributed by atoms with van der Waals surface area (Å²) in [6, 6.07) is 7.88. The van der Waals surface area contributed by atoms with Crippen LogP contribution in [-0.4, -0.2) is 46.5 Å². The summed E-state index contributed by atoms with van der Waals surface area (Å²) in [5, 5.41) is 8.54. The Kier molecular flexibility index (Phi) is 6.55. The van der Waals surface area contributed by atoms with Gasteiger partial charge in [-0.15, -0.1) is 10.2 Å². The van der Waals surface area contributed by atoms with Crippen LogP contribution in [0.15, 0.2) is 33.9 Å². The van der Waals surface area contributed by atoms with Crippen LogP contribution in [0.4, 0.5) is 0 Å². The number of hydrogen-bond acceptors (Lipinski definition) is 6. The number of methoxy groups -OCH3 is 1. The van der Waals surface area contributed by atoms with Gasteiger partial charge in [0.25, 0.3) is 11.1 Å². The predicted octanol–water partition coefficient (Wildman–Crippen LogP) is 4.02. The van der Waals surface area contributed by atoms with Crippen LogP contribution < -0.4 is 4.74 Å². The molecule has 6 nitrogen and oxygen atoms in total. The topological polar surface area (TPSA) is 68.5 Å². The highest BCUT2D eigenvalue weighted by Crippen LogP contribution is 2.30. The Morgan fingerprint density at radius 3 is 2.77 bits per heavy atom. The fourth-order valence-corrected chi connectivity index (χ4v) is 4.08. The Labute approximate surface area is 158 Å². The Hall–Kier alpha value is -2.02. The van der Waals surface area contributed by atoms with Crippen molar-refractivity contribution >= 4 is 17.7 Å². The molecule has 26 heavy (non-hydrogen) atoms. The van der Waals surface area contributed by atoms with Gasteiger partial charge in [-0.3, -0.25) is 4.79 Å². The molecule has 1 aliphatic rings. The van der Waals surface area contributed by atoms with E-state index in [1.54, 1.807) is 7.11 Å². The van der Waals surface area contributed by atoms with Crippen molar-refractivity contribution in [1.29, 1.82) is 0 Å². The van der Waals surface area contributed by atoms with Crippen molar-refractivity contribution in [3.8, 4) is 17.2 Å². The average molecular weight is 375 g/mol. The van der Waals surface area contributed by atoms with E-state index in [-0.39, 0.29) is 5.91 Å². The Bertz CT molecular complexity index is 728. The zero-order chi connectivity index (χ0) is 18.4. The van der Waals surface area contributed by atoms with Crippen molar-refractivity contribution in [2.45, 2.75) is 50.3 Å². The SMILES string of the molecule is CCN(C(=O)CSc1nnc(-c2ccccc2OC)o1)C1CCCCC1. The molecule has 0 saturated heterocycles. The van der Waals surface area contributed by atoms with Crippen molar-refractivity contribution in [2.75, 3.05) is 19.4 Å².